The maximum absolute atomic E-state index is 12.2. The Kier molecular flexibility index (Phi) is 7.18. The van der Waals surface area contributed by atoms with E-state index in [1.54, 1.807) is 4.90 Å². The van der Waals surface area contributed by atoms with Crippen LogP contribution in [-0.2, 0) is 9.47 Å². The summed E-state index contributed by atoms with van der Waals surface area (Å²) in [7, 11) is 0. The van der Waals surface area contributed by atoms with Crippen LogP contribution in [0, 0.1) is 0 Å². The number of fused-ring (bicyclic) bond motifs is 1. The molecule has 6 rings (SSSR count). The fourth-order valence-corrected chi connectivity index (χ4v) is 5.11. The fraction of sp³-hybridized carbons (Fsp3) is 0.519. The third-order valence-electron chi connectivity index (χ3n) is 7.39. The summed E-state index contributed by atoms with van der Waals surface area (Å²) in [6.07, 6.45) is 5.21. The normalized spacial score (nSPS) is 18.3. The zero-order valence-corrected chi connectivity index (χ0v) is 22.1. The van der Waals surface area contributed by atoms with E-state index in [4.69, 9.17) is 24.5 Å². The lowest BCUT2D eigenvalue weighted by molar-refractivity contribution is 0.0919. The lowest BCUT2D eigenvalue weighted by Crippen LogP contribution is -2.39. The van der Waals surface area contributed by atoms with Crippen molar-refractivity contribution in [2.75, 3.05) is 56.2 Å². The van der Waals surface area contributed by atoms with Crippen LogP contribution in [0.1, 0.15) is 38.6 Å². The maximum Gasteiger partial charge on any atom is 0.409 e. The van der Waals surface area contributed by atoms with Gasteiger partial charge in [0.25, 0.3) is 0 Å². The van der Waals surface area contributed by atoms with Crippen molar-refractivity contribution >= 4 is 34.7 Å². The maximum atomic E-state index is 12.2. The minimum absolute atomic E-state index is 0.116. The summed E-state index contributed by atoms with van der Waals surface area (Å²) in [5.41, 5.74) is 2.34. The van der Waals surface area contributed by atoms with Gasteiger partial charge in [0.15, 0.2) is 11.5 Å². The number of ether oxygens (including phenoxy) is 2. The van der Waals surface area contributed by atoms with Crippen molar-refractivity contribution in [2.24, 2.45) is 0 Å². The Hall–Kier alpha value is -3.93. The zero-order valence-electron chi connectivity index (χ0n) is 22.1. The highest BCUT2D eigenvalue weighted by Crippen LogP contribution is 2.32. The van der Waals surface area contributed by atoms with Gasteiger partial charge in [-0.25, -0.2) is 24.2 Å². The van der Waals surface area contributed by atoms with Crippen LogP contribution in [0.15, 0.2) is 30.5 Å². The number of amides is 3. The number of carbonyl (C=O) groups excluding carboxylic acids is 2. The monoisotopic (exact) mass is 534 g/mol. The van der Waals surface area contributed by atoms with Crippen LogP contribution in [0.25, 0.3) is 22.4 Å². The summed E-state index contributed by atoms with van der Waals surface area (Å²) < 4.78 is 12.7. The number of rotatable bonds is 6. The molecule has 0 bridgehead atoms. The van der Waals surface area contributed by atoms with Crippen LogP contribution in [-0.4, -0.2) is 88.8 Å². The first kappa shape index (κ1) is 25.4. The van der Waals surface area contributed by atoms with Gasteiger partial charge in [0.1, 0.15) is 5.82 Å². The van der Waals surface area contributed by atoms with E-state index >= 15 is 0 Å². The number of hydrogen-bond acceptors (Lipinski definition) is 8. The second-order valence-corrected chi connectivity index (χ2v) is 10.2. The van der Waals surface area contributed by atoms with Crippen LogP contribution >= 0.6 is 0 Å². The first-order chi connectivity index (χ1) is 19.1. The van der Waals surface area contributed by atoms with E-state index in [0.29, 0.717) is 50.5 Å². The average Bonchev–Trinajstić information content (AvgIpc) is 3.68. The van der Waals surface area contributed by atoms with Gasteiger partial charge >= 0.3 is 12.1 Å². The SMILES string of the molecule is CCOC(=O)N1CCC(n2ncc3c(N4CCOCC4)nc(-c4ccc(NC(=O)NC5CC5)cc4)nc32)CC1. The van der Waals surface area contributed by atoms with Crippen LogP contribution in [0.3, 0.4) is 0 Å². The number of carbonyl (C=O) groups is 2. The molecule has 1 aliphatic carbocycles. The van der Waals surface area contributed by atoms with Crippen molar-refractivity contribution in [3.63, 3.8) is 0 Å². The number of nitrogens with zero attached hydrogens (tertiary/aromatic N) is 6. The highest BCUT2D eigenvalue weighted by Gasteiger charge is 2.28. The summed E-state index contributed by atoms with van der Waals surface area (Å²) in [5.74, 6) is 1.45. The topological polar surface area (TPSA) is 127 Å². The first-order valence-corrected chi connectivity index (χ1v) is 13.8. The van der Waals surface area contributed by atoms with Crippen LogP contribution in [0.2, 0.25) is 0 Å². The zero-order chi connectivity index (χ0) is 26.8. The Bertz CT molecular complexity index is 1330. The molecule has 3 aliphatic rings. The molecule has 206 valence electrons. The molecular formula is C27H34N8O4. The van der Waals surface area contributed by atoms with Crippen LogP contribution in [0.4, 0.5) is 21.1 Å². The summed E-state index contributed by atoms with van der Waals surface area (Å²) in [4.78, 5) is 38.3. The average molecular weight is 535 g/mol. The van der Waals surface area contributed by atoms with E-state index in [1.807, 2.05) is 42.1 Å². The molecule has 3 fully saturated rings. The van der Waals surface area contributed by atoms with Crippen LogP contribution < -0.4 is 15.5 Å². The molecule has 4 heterocycles. The number of anilines is 2. The second-order valence-electron chi connectivity index (χ2n) is 10.2. The van der Waals surface area contributed by atoms with Crippen molar-refractivity contribution in [1.82, 2.24) is 30.0 Å². The minimum atomic E-state index is -0.261. The van der Waals surface area contributed by atoms with Gasteiger partial charge in [-0.3, -0.25) is 0 Å². The second kappa shape index (κ2) is 11.0. The molecule has 3 aromatic rings. The molecule has 0 unspecified atom stereocenters. The number of morpholine rings is 1. The lowest BCUT2D eigenvalue weighted by atomic mass is 10.1. The quantitative estimate of drug-likeness (QED) is 0.493. The molecule has 1 aromatic carbocycles. The van der Waals surface area contributed by atoms with Gasteiger partial charge in [-0.05, 0) is 56.9 Å². The Morgan fingerprint density at radius 1 is 1.03 bits per heavy atom. The molecule has 3 amide bonds. The smallest absolute Gasteiger partial charge is 0.409 e. The Morgan fingerprint density at radius 2 is 1.77 bits per heavy atom. The van der Waals surface area contributed by atoms with Gasteiger partial charge in [0, 0.05) is 43.5 Å². The molecule has 12 nitrogen and oxygen atoms in total. The Labute approximate surface area is 226 Å². The molecule has 0 spiro atoms. The minimum Gasteiger partial charge on any atom is -0.450 e. The van der Waals surface area contributed by atoms with E-state index in [-0.39, 0.29) is 18.2 Å². The molecule has 0 radical (unpaired) electrons. The van der Waals surface area contributed by atoms with Gasteiger partial charge < -0.3 is 29.9 Å². The summed E-state index contributed by atoms with van der Waals surface area (Å²) in [6, 6.07) is 7.81. The first-order valence-electron chi connectivity index (χ1n) is 13.8. The molecular weight excluding hydrogens is 500 g/mol. The number of likely N-dealkylation sites (tertiary alicyclic amines) is 1. The molecule has 2 N–H and O–H groups in total. The lowest BCUT2D eigenvalue weighted by Gasteiger charge is -2.31. The molecule has 1 saturated carbocycles. The van der Waals surface area contributed by atoms with Gasteiger partial charge in [-0.2, -0.15) is 5.10 Å². The van der Waals surface area contributed by atoms with Crippen molar-refractivity contribution < 1.29 is 19.1 Å². The predicted octanol–water partition coefficient (Wildman–Crippen LogP) is 3.41. The largest absolute Gasteiger partial charge is 0.450 e. The molecule has 39 heavy (non-hydrogen) atoms. The summed E-state index contributed by atoms with van der Waals surface area (Å²) >= 11 is 0. The van der Waals surface area contributed by atoms with Gasteiger partial charge in [0.05, 0.1) is 37.4 Å². The number of piperidine rings is 1. The van der Waals surface area contributed by atoms with Gasteiger partial charge in [0.2, 0.25) is 0 Å². The van der Waals surface area contributed by atoms with E-state index in [9.17, 15) is 9.59 Å². The fourth-order valence-electron chi connectivity index (χ4n) is 5.11. The summed E-state index contributed by atoms with van der Waals surface area (Å²) in [5, 5.41) is 11.5. The van der Waals surface area contributed by atoms with E-state index in [0.717, 1.165) is 61.2 Å². The van der Waals surface area contributed by atoms with E-state index in [2.05, 4.69) is 15.5 Å². The molecule has 12 heteroatoms. The third kappa shape index (κ3) is 5.60. The van der Waals surface area contributed by atoms with Gasteiger partial charge in [-0.15, -0.1) is 0 Å². The Morgan fingerprint density at radius 3 is 2.46 bits per heavy atom. The number of nitrogens with one attached hydrogen (secondary N) is 2. The van der Waals surface area contributed by atoms with E-state index in [1.165, 1.54) is 0 Å². The number of hydrogen-bond donors (Lipinski definition) is 2. The van der Waals surface area contributed by atoms with Gasteiger partial charge in [-0.1, -0.05) is 0 Å². The number of benzene rings is 1. The molecule has 0 atom stereocenters. The molecule has 2 saturated heterocycles. The number of urea groups is 1. The molecule has 2 aromatic heterocycles. The van der Waals surface area contributed by atoms with Crippen LogP contribution in [0.5, 0.6) is 0 Å². The number of aromatic nitrogens is 4. The van der Waals surface area contributed by atoms with Crippen molar-refractivity contribution in [2.45, 2.75) is 44.7 Å². The van der Waals surface area contributed by atoms with Crippen molar-refractivity contribution in [3.8, 4) is 11.4 Å². The van der Waals surface area contributed by atoms with Crippen molar-refractivity contribution in [3.05, 3.63) is 30.5 Å². The third-order valence-corrected chi connectivity index (χ3v) is 7.39. The standard InChI is InChI=1S/C27H34N8O4/c1-2-39-27(37)34-11-9-21(10-12-34)35-25-22(17-28-35)24(33-13-15-38-16-14-33)31-23(32-25)18-3-5-19(6-4-18)29-26(36)30-20-7-8-20/h3-6,17,20-21H,2,7-16H2,1H3,(H2,29,30,36). The molecule has 2 aliphatic heterocycles. The predicted molar refractivity (Wildman–Crippen MR) is 146 cm³/mol. The van der Waals surface area contributed by atoms with Crippen molar-refractivity contribution in [1.29, 1.82) is 0 Å². The highest BCUT2D eigenvalue weighted by atomic mass is 16.6. The Balaban J connectivity index is 1.28. The summed E-state index contributed by atoms with van der Waals surface area (Å²) in [6.45, 7) is 6.19. The van der Waals surface area contributed by atoms with E-state index < -0.39 is 0 Å². The highest BCUT2D eigenvalue weighted by molar-refractivity contribution is 5.91.